The van der Waals surface area contributed by atoms with Crippen LogP contribution in [0.1, 0.15) is 0 Å². The average molecular weight is 255 g/mol. The van der Waals surface area contributed by atoms with Crippen molar-refractivity contribution in [2.24, 2.45) is 7.05 Å². The normalized spacial score (nSPS) is 10.4. The van der Waals surface area contributed by atoms with E-state index in [2.05, 4.69) is 25.6 Å². The van der Waals surface area contributed by atoms with Crippen LogP contribution in [0.3, 0.4) is 0 Å². The number of benzene rings is 1. The molecule has 4 nitrogen and oxygen atoms in total. The fourth-order valence-corrected chi connectivity index (χ4v) is 1.40. The fraction of sp³-hybridized carbons (Fsp3) is 0.111. The summed E-state index contributed by atoms with van der Waals surface area (Å²) in [5.41, 5.74) is 0.849. The summed E-state index contributed by atoms with van der Waals surface area (Å²) >= 11 is 3.33. The van der Waals surface area contributed by atoms with Gasteiger partial charge in [0.15, 0.2) is 5.82 Å². The minimum absolute atomic E-state index is 0.456. The van der Waals surface area contributed by atoms with Crippen LogP contribution in [0.2, 0.25) is 0 Å². The lowest BCUT2D eigenvalue weighted by atomic mass is 10.2. The first kappa shape index (κ1) is 9.21. The minimum atomic E-state index is -0.456. The molecule has 0 aliphatic heterocycles. The SMILES string of the molecule is Cn1c(-c2ccc(Br)cc2)noc1=O. The van der Waals surface area contributed by atoms with Gasteiger partial charge in [-0.3, -0.25) is 9.09 Å². The predicted molar refractivity (Wildman–Crippen MR) is 54.9 cm³/mol. The van der Waals surface area contributed by atoms with Crippen molar-refractivity contribution >= 4 is 15.9 Å². The minimum Gasteiger partial charge on any atom is -0.295 e. The Kier molecular flexibility index (Phi) is 2.25. The van der Waals surface area contributed by atoms with Gasteiger partial charge in [0.25, 0.3) is 0 Å². The summed E-state index contributed by atoms with van der Waals surface area (Å²) in [5, 5.41) is 3.68. The van der Waals surface area contributed by atoms with Crippen molar-refractivity contribution in [2.45, 2.75) is 0 Å². The second-order valence-corrected chi connectivity index (χ2v) is 3.75. The van der Waals surface area contributed by atoms with Gasteiger partial charge in [-0.2, -0.15) is 0 Å². The van der Waals surface area contributed by atoms with Crippen molar-refractivity contribution in [3.8, 4) is 11.4 Å². The molecule has 2 aromatic rings. The molecular formula is C9H7BrN2O2. The van der Waals surface area contributed by atoms with Crippen LogP contribution in [0.25, 0.3) is 11.4 Å². The second kappa shape index (κ2) is 3.42. The number of aromatic nitrogens is 2. The smallest absolute Gasteiger partial charge is 0.295 e. The summed E-state index contributed by atoms with van der Waals surface area (Å²) in [6, 6.07) is 7.49. The number of hydrogen-bond acceptors (Lipinski definition) is 3. The largest absolute Gasteiger partial charge is 0.441 e. The van der Waals surface area contributed by atoms with E-state index in [0.29, 0.717) is 5.82 Å². The standard InChI is InChI=1S/C9H7BrN2O2/c1-12-8(11-14-9(12)13)6-2-4-7(10)5-3-6/h2-5H,1H3. The van der Waals surface area contributed by atoms with Crippen molar-refractivity contribution in [3.63, 3.8) is 0 Å². The predicted octanol–water partition coefficient (Wildman–Crippen LogP) is 1.80. The molecule has 0 unspecified atom stereocenters. The van der Waals surface area contributed by atoms with E-state index in [4.69, 9.17) is 0 Å². The number of rotatable bonds is 1. The highest BCUT2D eigenvalue weighted by molar-refractivity contribution is 9.10. The van der Waals surface area contributed by atoms with Crippen LogP contribution in [0.4, 0.5) is 0 Å². The van der Waals surface area contributed by atoms with Crippen molar-refractivity contribution in [1.29, 1.82) is 0 Å². The van der Waals surface area contributed by atoms with E-state index in [-0.39, 0.29) is 0 Å². The zero-order valence-corrected chi connectivity index (χ0v) is 8.98. The zero-order valence-electron chi connectivity index (χ0n) is 7.40. The summed E-state index contributed by atoms with van der Waals surface area (Å²) in [4.78, 5) is 11.0. The quantitative estimate of drug-likeness (QED) is 0.780. The lowest BCUT2D eigenvalue weighted by Gasteiger charge is -1.97. The van der Waals surface area contributed by atoms with Crippen molar-refractivity contribution in [2.75, 3.05) is 0 Å². The van der Waals surface area contributed by atoms with Gasteiger partial charge in [0.1, 0.15) is 0 Å². The Hall–Kier alpha value is -1.36. The Morgan fingerprint density at radius 2 is 2.00 bits per heavy atom. The summed E-state index contributed by atoms with van der Waals surface area (Å²) in [5.74, 6) is 0.0745. The van der Waals surface area contributed by atoms with Gasteiger partial charge < -0.3 is 0 Å². The molecule has 0 spiro atoms. The molecule has 0 atom stereocenters. The Morgan fingerprint density at radius 1 is 1.36 bits per heavy atom. The highest BCUT2D eigenvalue weighted by Crippen LogP contribution is 2.18. The van der Waals surface area contributed by atoms with E-state index in [1.54, 1.807) is 7.05 Å². The molecular weight excluding hydrogens is 248 g/mol. The van der Waals surface area contributed by atoms with Crippen LogP contribution in [-0.2, 0) is 7.05 Å². The van der Waals surface area contributed by atoms with Gasteiger partial charge in [-0.25, -0.2) is 4.79 Å². The Bertz CT molecular complexity index is 498. The third-order valence-corrected chi connectivity index (χ3v) is 2.43. The van der Waals surface area contributed by atoms with Crippen LogP contribution in [-0.4, -0.2) is 9.72 Å². The number of hydrogen-bond donors (Lipinski definition) is 0. The lowest BCUT2D eigenvalue weighted by Crippen LogP contribution is -2.09. The average Bonchev–Trinajstić information content (AvgIpc) is 2.50. The summed E-state index contributed by atoms with van der Waals surface area (Å²) < 4.78 is 6.87. The molecule has 0 bridgehead atoms. The van der Waals surface area contributed by atoms with E-state index in [0.717, 1.165) is 10.0 Å². The molecule has 72 valence electrons. The molecule has 0 fully saturated rings. The Morgan fingerprint density at radius 3 is 2.50 bits per heavy atom. The molecule has 0 saturated heterocycles. The Labute approximate surface area is 88.3 Å². The van der Waals surface area contributed by atoms with Gasteiger partial charge in [0.05, 0.1) is 0 Å². The molecule has 14 heavy (non-hydrogen) atoms. The second-order valence-electron chi connectivity index (χ2n) is 2.84. The molecule has 0 saturated carbocycles. The van der Waals surface area contributed by atoms with Gasteiger partial charge in [-0.05, 0) is 12.1 Å². The van der Waals surface area contributed by atoms with Crippen LogP contribution in [0.15, 0.2) is 38.1 Å². The fourth-order valence-electron chi connectivity index (χ4n) is 1.14. The van der Waals surface area contributed by atoms with Gasteiger partial charge in [0.2, 0.25) is 0 Å². The highest BCUT2D eigenvalue weighted by atomic mass is 79.9. The number of halogens is 1. The molecule has 0 aliphatic carbocycles. The van der Waals surface area contributed by atoms with E-state index < -0.39 is 5.76 Å². The molecule has 0 amide bonds. The van der Waals surface area contributed by atoms with Crippen molar-refractivity contribution < 1.29 is 4.52 Å². The van der Waals surface area contributed by atoms with Gasteiger partial charge in [-0.15, -0.1) is 0 Å². The maximum Gasteiger partial charge on any atom is 0.441 e. The van der Waals surface area contributed by atoms with Gasteiger partial charge >= 0.3 is 5.76 Å². The highest BCUT2D eigenvalue weighted by Gasteiger charge is 2.08. The van der Waals surface area contributed by atoms with Gasteiger partial charge in [0, 0.05) is 17.1 Å². The molecule has 0 N–H and O–H groups in total. The first-order valence-electron chi connectivity index (χ1n) is 3.97. The summed E-state index contributed by atoms with van der Waals surface area (Å²) in [7, 11) is 1.62. The first-order valence-corrected chi connectivity index (χ1v) is 4.76. The maximum absolute atomic E-state index is 11.0. The molecule has 0 radical (unpaired) electrons. The van der Waals surface area contributed by atoms with Crippen LogP contribution in [0, 0.1) is 0 Å². The third-order valence-electron chi connectivity index (χ3n) is 1.90. The summed E-state index contributed by atoms with van der Waals surface area (Å²) in [6.07, 6.45) is 0. The van der Waals surface area contributed by atoms with Crippen LogP contribution < -0.4 is 5.76 Å². The maximum atomic E-state index is 11.0. The van der Waals surface area contributed by atoms with E-state index in [1.165, 1.54) is 4.57 Å². The molecule has 1 aromatic heterocycles. The molecule has 1 aromatic carbocycles. The molecule has 1 heterocycles. The molecule has 2 rings (SSSR count). The van der Waals surface area contributed by atoms with Crippen molar-refractivity contribution in [3.05, 3.63) is 39.3 Å². The summed E-state index contributed by atoms with van der Waals surface area (Å²) in [6.45, 7) is 0. The first-order chi connectivity index (χ1) is 6.68. The van der Waals surface area contributed by atoms with Crippen LogP contribution in [0.5, 0.6) is 0 Å². The van der Waals surface area contributed by atoms with Crippen LogP contribution >= 0.6 is 15.9 Å². The molecule has 0 aliphatic rings. The zero-order chi connectivity index (χ0) is 10.1. The monoisotopic (exact) mass is 254 g/mol. The van der Waals surface area contributed by atoms with E-state index in [9.17, 15) is 4.79 Å². The van der Waals surface area contributed by atoms with Gasteiger partial charge in [-0.1, -0.05) is 33.2 Å². The van der Waals surface area contributed by atoms with E-state index in [1.807, 2.05) is 24.3 Å². The van der Waals surface area contributed by atoms with Crippen molar-refractivity contribution in [1.82, 2.24) is 9.72 Å². The molecule has 5 heteroatoms. The Balaban J connectivity index is 2.55. The topological polar surface area (TPSA) is 48.0 Å². The number of nitrogens with zero attached hydrogens (tertiary/aromatic N) is 2. The van der Waals surface area contributed by atoms with E-state index >= 15 is 0 Å². The lowest BCUT2D eigenvalue weighted by molar-refractivity contribution is 0.380. The third kappa shape index (κ3) is 1.50.